The number of aryl methyl sites for hydroxylation is 1. The van der Waals surface area contributed by atoms with Crippen molar-refractivity contribution in [1.82, 2.24) is 9.80 Å². The van der Waals surface area contributed by atoms with Crippen LogP contribution in [-0.4, -0.2) is 67.9 Å². The third-order valence-corrected chi connectivity index (χ3v) is 6.12. The molecule has 1 aromatic carbocycles. The maximum atomic E-state index is 12.9. The summed E-state index contributed by atoms with van der Waals surface area (Å²) < 4.78 is 5.22. The van der Waals surface area contributed by atoms with Crippen molar-refractivity contribution in [1.29, 1.82) is 0 Å². The summed E-state index contributed by atoms with van der Waals surface area (Å²) in [4.78, 5) is 31.9. The summed E-state index contributed by atoms with van der Waals surface area (Å²) in [5, 5.41) is 3.06. The third-order valence-electron chi connectivity index (χ3n) is 6.12. The van der Waals surface area contributed by atoms with Gasteiger partial charge in [0.25, 0.3) is 5.91 Å². The number of hydrogen-bond acceptors (Lipinski definition) is 5. The van der Waals surface area contributed by atoms with Gasteiger partial charge in [-0.25, -0.2) is 0 Å². The predicted molar refractivity (Wildman–Crippen MR) is 117 cm³/mol. The van der Waals surface area contributed by atoms with E-state index in [1.54, 1.807) is 17.0 Å². The summed E-state index contributed by atoms with van der Waals surface area (Å²) in [6.07, 6.45) is 3.09. The number of amides is 2. The van der Waals surface area contributed by atoms with Gasteiger partial charge in [0.2, 0.25) is 5.91 Å². The molecule has 7 heteroatoms. The highest BCUT2D eigenvalue weighted by Crippen LogP contribution is 2.26. The van der Waals surface area contributed by atoms with Crippen LogP contribution in [0.2, 0.25) is 0 Å². The Morgan fingerprint density at radius 1 is 1.10 bits per heavy atom. The van der Waals surface area contributed by atoms with Crippen LogP contribution in [0, 0.1) is 12.8 Å². The number of piperazine rings is 1. The van der Waals surface area contributed by atoms with Crippen LogP contribution in [-0.2, 0) is 4.79 Å². The summed E-state index contributed by atoms with van der Waals surface area (Å²) in [6, 6.07) is 9.49. The number of likely N-dealkylation sites (N-methyl/N-ethyl adjacent to an activating group) is 1. The minimum absolute atomic E-state index is 0.0290. The lowest BCUT2D eigenvalue weighted by Gasteiger charge is -2.35. The molecule has 1 N–H and O–H groups in total. The summed E-state index contributed by atoms with van der Waals surface area (Å²) in [6.45, 7) is 7.33. The molecule has 2 aromatic rings. The second-order valence-corrected chi connectivity index (χ2v) is 8.35. The second-order valence-electron chi connectivity index (χ2n) is 8.35. The van der Waals surface area contributed by atoms with Crippen LogP contribution >= 0.6 is 0 Å². The van der Waals surface area contributed by atoms with Gasteiger partial charge in [-0.1, -0.05) is 0 Å². The molecule has 160 valence electrons. The van der Waals surface area contributed by atoms with Crippen molar-refractivity contribution in [3.05, 3.63) is 47.9 Å². The molecule has 7 nitrogen and oxygen atoms in total. The van der Waals surface area contributed by atoms with E-state index in [9.17, 15) is 9.59 Å². The largest absolute Gasteiger partial charge is 0.459 e. The fourth-order valence-electron chi connectivity index (χ4n) is 4.31. The molecule has 0 spiro atoms. The summed E-state index contributed by atoms with van der Waals surface area (Å²) >= 11 is 0. The molecular formula is C23H30N4O3. The molecule has 0 aliphatic carbocycles. The molecule has 3 heterocycles. The van der Waals surface area contributed by atoms with Crippen molar-refractivity contribution in [3.8, 4) is 0 Å². The van der Waals surface area contributed by atoms with Crippen LogP contribution in [0.3, 0.4) is 0 Å². The standard InChI is InChI=1S/C23H30N4O3/c1-17-15-19(7-8-20(17)26-12-10-25(2)11-13-26)24-22(28)18-5-3-9-27(16-18)23(29)21-6-4-14-30-21/h4,6-8,14-15,18H,3,5,9-13,16H2,1-2H3,(H,24,28). The number of rotatable bonds is 4. The Hall–Kier alpha value is -2.80. The van der Waals surface area contributed by atoms with E-state index in [1.807, 2.05) is 12.1 Å². The van der Waals surface area contributed by atoms with Gasteiger partial charge in [0.1, 0.15) is 0 Å². The van der Waals surface area contributed by atoms with Gasteiger partial charge in [-0.15, -0.1) is 0 Å². The van der Waals surface area contributed by atoms with E-state index in [4.69, 9.17) is 4.42 Å². The highest BCUT2D eigenvalue weighted by atomic mass is 16.3. The van der Waals surface area contributed by atoms with E-state index in [-0.39, 0.29) is 17.7 Å². The molecule has 0 radical (unpaired) electrons. The first-order valence-electron chi connectivity index (χ1n) is 10.7. The average Bonchev–Trinajstić information content (AvgIpc) is 3.29. The van der Waals surface area contributed by atoms with Crippen molar-refractivity contribution < 1.29 is 14.0 Å². The first kappa shape index (κ1) is 20.5. The van der Waals surface area contributed by atoms with Crippen molar-refractivity contribution in [3.63, 3.8) is 0 Å². The van der Waals surface area contributed by atoms with Crippen LogP contribution in [0.5, 0.6) is 0 Å². The van der Waals surface area contributed by atoms with E-state index in [2.05, 4.69) is 35.2 Å². The number of anilines is 2. The Labute approximate surface area is 177 Å². The topological polar surface area (TPSA) is 69.0 Å². The van der Waals surface area contributed by atoms with E-state index in [1.165, 1.54) is 12.0 Å². The summed E-state index contributed by atoms with van der Waals surface area (Å²) in [7, 11) is 2.15. The lowest BCUT2D eigenvalue weighted by molar-refractivity contribution is -0.121. The fraction of sp³-hybridized carbons (Fsp3) is 0.478. The van der Waals surface area contributed by atoms with Gasteiger partial charge in [0, 0.05) is 50.6 Å². The zero-order valence-corrected chi connectivity index (χ0v) is 17.8. The number of benzene rings is 1. The molecule has 30 heavy (non-hydrogen) atoms. The van der Waals surface area contributed by atoms with Crippen LogP contribution in [0.25, 0.3) is 0 Å². The number of piperidine rings is 1. The maximum Gasteiger partial charge on any atom is 0.289 e. The van der Waals surface area contributed by atoms with E-state index >= 15 is 0 Å². The normalized spacial score (nSPS) is 20.3. The van der Waals surface area contributed by atoms with Gasteiger partial charge in [0.05, 0.1) is 12.2 Å². The van der Waals surface area contributed by atoms with Gasteiger partial charge in [-0.3, -0.25) is 9.59 Å². The molecule has 2 saturated heterocycles. The second kappa shape index (κ2) is 8.92. The molecule has 0 saturated carbocycles. The predicted octanol–water partition coefficient (Wildman–Crippen LogP) is 2.83. The zero-order chi connectivity index (χ0) is 21.1. The van der Waals surface area contributed by atoms with Crippen molar-refractivity contribution in [2.24, 2.45) is 5.92 Å². The molecule has 1 atom stereocenters. The van der Waals surface area contributed by atoms with E-state index in [0.717, 1.165) is 50.3 Å². The molecular weight excluding hydrogens is 380 g/mol. The first-order chi connectivity index (χ1) is 14.5. The van der Waals surface area contributed by atoms with E-state index in [0.29, 0.717) is 18.8 Å². The first-order valence-corrected chi connectivity index (χ1v) is 10.7. The SMILES string of the molecule is Cc1cc(NC(=O)C2CCCN(C(=O)c3ccco3)C2)ccc1N1CCN(C)CC1. The van der Waals surface area contributed by atoms with Crippen LogP contribution in [0.15, 0.2) is 41.0 Å². The third kappa shape index (κ3) is 4.51. The van der Waals surface area contributed by atoms with Crippen molar-refractivity contribution in [2.75, 3.05) is 56.5 Å². The Morgan fingerprint density at radius 2 is 1.90 bits per heavy atom. The van der Waals surface area contributed by atoms with Crippen molar-refractivity contribution in [2.45, 2.75) is 19.8 Å². The Bertz CT molecular complexity index is 888. The van der Waals surface area contributed by atoms with Gasteiger partial charge in [-0.2, -0.15) is 0 Å². The lowest BCUT2D eigenvalue weighted by Crippen LogP contribution is -2.44. The molecule has 1 aromatic heterocycles. The number of carbonyl (C=O) groups excluding carboxylic acids is 2. The minimum atomic E-state index is -0.213. The number of likely N-dealkylation sites (tertiary alicyclic amines) is 1. The van der Waals surface area contributed by atoms with Crippen molar-refractivity contribution >= 4 is 23.2 Å². The molecule has 4 rings (SSSR count). The Kier molecular flexibility index (Phi) is 6.08. The summed E-state index contributed by atoms with van der Waals surface area (Å²) in [5.41, 5.74) is 3.20. The molecule has 2 aliphatic rings. The van der Waals surface area contributed by atoms with Crippen LogP contribution in [0.4, 0.5) is 11.4 Å². The molecule has 2 amide bonds. The minimum Gasteiger partial charge on any atom is -0.459 e. The number of carbonyl (C=O) groups is 2. The number of furan rings is 1. The molecule has 0 bridgehead atoms. The zero-order valence-electron chi connectivity index (χ0n) is 17.8. The highest BCUT2D eigenvalue weighted by molar-refractivity contribution is 5.95. The molecule has 2 aliphatic heterocycles. The quantitative estimate of drug-likeness (QED) is 0.840. The maximum absolute atomic E-state index is 12.9. The highest BCUT2D eigenvalue weighted by Gasteiger charge is 2.30. The van der Waals surface area contributed by atoms with E-state index < -0.39 is 0 Å². The van der Waals surface area contributed by atoms with Gasteiger partial charge in [0.15, 0.2) is 5.76 Å². The Morgan fingerprint density at radius 3 is 2.60 bits per heavy atom. The van der Waals surface area contributed by atoms with Gasteiger partial charge < -0.3 is 24.4 Å². The van der Waals surface area contributed by atoms with Gasteiger partial charge >= 0.3 is 0 Å². The number of nitrogens with zero attached hydrogens (tertiary/aromatic N) is 3. The number of hydrogen-bond donors (Lipinski definition) is 1. The average molecular weight is 411 g/mol. The number of nitrogens with one attached hydrogen (secondary N) is 1. The Balaban J connectivity index is 1.37. The summed E-state index contributed by atoms with van der Waals surface area (Å²) in [5.74, 6) is -0.0648. The fourth-order valence-corrected chi connectivity index (χ4v) is 4.31. The molecule has 1 unspecified atom stereocenters. The monoisotopic (exact) mass is 410 g/mol. The smallest absolute Gasteiger partial charge is 0.289 e. The van der Waals surface area contributed by atoms with Gasteiger partial charge in [-0.05, 0) is 62.7 Å². The van der Waals surface area contributed by atoms with Crippen LogP contribution < -0.4 is 10.2 Å². The van der Waals surface area contributed by atoms with Crippen LogP contribution in [0.1, 0.15) is 29.0 Å². The lowest BCUT2D eigenvalue weighted by atomic mass is 9.96. The molecule has 2 fully saturated rings.